The number of ether oxygens (including phenoxy) is 1. The summed E-state index contributed by atoms with van der Waals surface area (Å²) >= 11 is 0. The van der Waals surface area contributed by atoms with Crippen LogP contribution in [0.1, 0.15) is 53.0 Å². The molecule has 0 aliphatic carbocycles. The maximum Gasteiger partial charge on any atom is 0.407 e. The Labute approximate surface area is 180 Å². The van der Waals surface area contributed by atoms with E-state index in [2.05, 4.69) is 40.1 Å². The molecule has 156 valence electrons. The molecule has 1 amide bonds. The predicted molar refractivity (Wildman–Crippen MR) is 122 cm³/mol. The number of carbonyl (C=O) groups is 1. The van der Waals surface area contributed by atoms with Gasteiger partial charge in [-0.05, 0) is 45.7 Å². The lowest BCUT2D eigenvalue weighted by Crippen LogP contribution is -2.48. The highest BCUT2D eigenvalue weighted by Gasteiger charge is 2.19. The van der Waals surface area contributed by atoms with Crippen molar-refractivity contribution < 1.29 is 9.53 Å². The van der Waals surface area contributed by atoms with E-state index >= 15 is 0 Å². The Bertz CT molecular complexity index is 581. The number of rotatable bonds is 8. The van der Waals surface area contributed by atoms with Crippen LogP contribution in [0.4, 0.5) is 4.79 Å². The van der Waals surface area contributed by atoms with E-state index in [4.69, 9.17) is 4.74 Å². The highest BCUT2D eigenvalue weighted by atomic mass is 127. The zero-order valence-electron chi connectivity index (χ0n) is 17.5. The first-order chi connectivity index (χ1) is 12.2. The monoisotopic (exact) mass is 493 g/mol. The van der Waals surface area contributed by atoms with Crippen molar-refractivity contribution in [1.29, 1.82) is 0 Å². The van der Waals surface area contributed by atoms with Crippen molar-refractivity contribution in [2.24, 2.45) is 12.0 Å². The molecule has 0 bridgehead atoms. The first kappa shape index (κ1) is 25.6. The van der Waals surface area contributed by atoms with Crippen LogP contribution in [0, 0.1) is 0 Å². The molecule has 0 saturated heterocycles. The number of aliphatic imine (C=N–C) groups is 1. The van der Waals surface area contributed by atoms with Gasteiger partial charge in [-0.2, -0.15) is 0 Å². The Morgan fingerprint density at radius 3 is 2.52 bits per heavy atom. The van der Waals surface area contributed by atoms with E-state index in [9.17, 15) is 4.79 Å². The normalized spacial score (nSPS) is 12.7. The molecule has 1 aromatic rings. The third-order valence-corrected chi connectivity index (χ3v) is 3.53. The lowest BCUT2D eigenvalue weighted by Gasteiger charge is -2.24. The fraction of sp³-hybridized carbons (Fsp3) is 0.684. The molecule has 3 N–H and O–H groups in total. The molecule has 0 radical (unpaired) electrons. The predicted octanol–water partition coefficient (Wildman–Crippen LogP) is 3.39. The molecule has 8 heteroatoms. The maximum absolute atomic E-state index is 12.0. The topological polar surface area (TPSA) is 79.7 Å². The van der Waals surface area contributed by atoms with Crippen LogP contribution in [-0.2, 0) is 18.3 Å². The number of alkyl carbamates (subject to hydrolysis) is 1. The lowest BCUT2D eigenvalue weighted by molar-refractivity contribution is 0.0502. The van der Waals surface area contributed by atoms with Crippen molar-refractivity contribution >= 4 is 36.0 Å². The standard InChI is InChI=1S/C19H35N5O2.HI/c1-7-9-16(23-18(25)26-19(3,4)5)13-22-17(20-8-2)21-12-15-10-11-24(6)14-15;/h10-11,14,16H,7-9,12-13H2,1-6H3,(H,23,25)(H2,20,21,22);1H. The van der Waals surface area contributed by atoms with E-state index in [1.807, 2.05) is 45.5 Å². The third-order valence-electron chi connectivity index (χ3n) is 3.53. The SMILES string of the molecule is CCCC(CNC(=NCc1ccn(C)c1)NCC)NC(=O)OC(C)(C)C.I. The Morgan fingerprint density at radius 1 is 1.30 bits per heavy atom. The van der Waals surface area contributed by atoms with Gasteiger partial charge in [-0.1, -0.05) is 13.3 Å². The molecule has 1 aromatic heterocycles. The van der Waals surface area contributed by atoms with Gasteiger partial charge >= 0.3 is 6.09 Å². The minimum atomic E-state index is -0.500. The summed E-state index contributed by atoms with van der Waals surface area (Å²) in [6, 6.07) is 2.03. The number of nitrogens with zero attached hydrogens (tertiary/aromatic N) is 2. The number of hydrogen-bond acceptors (Lipinski definition) is 3. The number of nitrogens with one attached hydrogen (secondary N) is 3. The first-order valence-corrected chi connectivity index (χ1v) is 9.36. The van der Waals surface area contributed by atoms with Crippen molar-refractivity contribution in [2.45, 2.75) is 65.6 Å². The van der Waals surface area contributed by atoms with E-state index < -0.39 is 5.60 Å². The molecule has 0 saturated carbocycles. The number of guanidine groups is 1. The minimum absolute atomic E-state index is 0. The maximum atomic E-state index is 12.0. The second kappa shape index (κ2) is 12.9. The van der Waals surface area contributed by atoms with Gasteiger partial charge in [0.2, 0.25) is 0 Å². The van der Waals surface area contributed by atoms with Crippen molar-refractivity contribution in [3.8, 4) is 0 Å². The summed E-state index contributed by atoms with van der Waals surface area (Å²) in [5.74, 6) is 0.739. The molecule has 0 spiro atoms. The molecule has 0 aliphatic rings. The molecule has 1 unspecified atom stereocenters. The summed E-state index contributed by atoms with van der Waals surface area (Å²) in [5.41, 5.74) is 0.655. The summed E-state index contributed by atoms with van der Waals surface area (Å²) in [6.07, 6.45) is 5.51. The number of halogens is 1. The Balaban J connectivity index is 0.00000676. The van der Waals surface area contributed by atoms with Gasteiger partial charge < -0.3 is 25.3 Å². The highest BCUT2D eigenvalue weighted by molar-refractivity contribution is 14.0. The molecular formula is C19H36IN5O2. The molecule has 0 aliphatic heterocycles. The van der Waals surface area contributed by atoms with Gasteiger partial charge in [0.1, 0.15) is 5.60 Å². The molecular weight excluding hydrogens is 457 g/mol. The van der Waals surface area contributed by atoms with Gasteiger partial charge in [0.05, 0.1) is 6.54 Å². The number of hydrogen-bond donors (Lipinski definition) is 3. The van der Waals surface area contributed by atoms with Gasteiger partial charge in [-0.25, -0.2) is 9.79 Å². The summed E-state index contributed by atoms with van der Waals surface area (Å²) < 4.78 is 7.36. The van der Waals surface area contributed by atoms with Crippen LogP contribution >= 0.6 is 24.0 Å². The van der Waals surface area contributed by atoms with Gasteiger partial charge in [-0.3, -0.25) is 0 Å². The Morgan fingerprint density at radius 2 is 2.00 bits per heavy atom. The summed E-state index contributed by atoms with van der Waals surface area (Å²) in [7, 11) is 1.99. The van der Waals surface area contributed by atoms with Gasteiger partial charge in [0.15, 0.2) is 5.96 Å². The lowest BCUT2D eigenvalue weighted by atomic mass is 10.1. The molecule has 1 heterocycles. The fourth-order valence-electron chi connectivity index (χ4n) is 2.43. The van der Waals surface area contributed by atoms with Crippen LogP contribution in [0.5, 0.6) is 0 Å². The summed E-state index contributed by atoms with van der Waals surface area (Å²) in [4.78, 5) is 16.6. The van der Waals surface area contributed by atoms with Crippen LogP contribution in [0.3, 0.4) is 0 Å². The second-order valence-corrected chi connectivity index (χ2v) is 7.39. The molecule has 1 atom stereocenters. The summed E-state index contributed by atoms with van der Waals surface area (Å²) in [5, 5.41) is 9.49. The van der Waals surface area contributed by atoms with Gasteiger partial charge in [-0.15, -0.1) is 24.0 Å². The van der Waals surface area contributed by atoms with Crippen LogP contribution < -0.4 is 16.0 Å². The number of aryl methyl sites for hydroxylation is 1. The molecule has 1 rings (SSSR count). The number of carbonyl (C=O) groups excluding carboxylic acids is 1. The zero-order chi connectivity index (χ0) is 19.6. The van der Waals surface area contributed by atoms with Crippen LogP contribution in [0.15, 0.2) is 23.5 Å². The van der Waals surface area contributed by atoms with Crippen molar-refractivity contribution in [2.75, 3.05) is 13.1 Å². The average Bonchev–Trinajstić information content (AvgIpc) is 2.93. The van der Waals surface area contributed by atoms with Crippen LogP contribution in [0.25, 0.3) is 0 Å². The molecule has 27 heavy (non-hydrogen) atoms. The quantitative estimate of drug-likeness (QED) is 0.295. The zero-order valence-corrected chi connectivity index (χ0v) is 19.8. The van der Waals surface area contributed by atoms with Crippen LogP contribution in [-0.4, -0.2) is 41.4 Å². The van der Waals surface area contributed by atoms with E-state index in [0.717, 1.165) is 30.9 Å². The molecule has 0 aromatic carbocycles. The van der Waals surface area contributed by atoms with E-state index in [-0.39, 0.29) is 36.1 Å². The second-order valence-electron chi connectivity index (χ2n) is 7.39. The Kier molecular flexibility index (Phi) is 12.2. The van der Waals surface area contributed by atoms with E-state index in [1.54, 1.807) is 0 Å². The van der Waals surface area contributed by atoms with E-state index in [0.29, 0.717) is 13.1 Å². The smallest absolute Gasteiger partial charge is 0.407 e. The largest absolute Gasteiger partial charge is 0.444 e. The van der Waals surface area contributed by atoms with Crippen molar-refractivity contribution in [3.05, 3.63) is 24.0 Å². The third kappa shape index (κ3) is 11.8. The van der Waals surface area contributed by atoms with Gasteiger partial charge in [0, 0.05) is 38.6 Å². The number of amides is 1. The Hall–Kier alpha value is -1.45. The van der Waals surface area contributed by atoms with Crippen molar-refractivity contribution in [1.82, 2.24) is 20.5 Å². The highest BCUT2D eigenvalue weighted by Crippen LogP contribution is 2.07. The fourth-order valence-corrected chi connectivity index (χ4v) is 2.43. The summed E-state index contributed by atoms with van der Waals surface area (Å²) in [6.45, 7) is 11.7. The minimum Gasteiger partial charge on any atom is -0.444 e. The first-order valence-electron chi connectivity index (χ1n) is 9.36. The average molecular weight is 493 g/mol. The van der Waals surface area contributed by atoms with E-state index in [1.165, 1.54) is 0 Å². The van der Waals surface area contributed by atoms with Crippen LogP contribution in [0.2, 0.25) is 0 Å². The molecule has 7 nitrogen and oxygen atoms in total. The van der Waals surface area contributed by atoms with Gasteiger partial charge in [0.25, 0.3) is 0 Å². The molecule has 0 fully saturated rings. The van der Waals surface area contributed by atoms with Crippen molar-refractivity contribution in [3.63, 3.8) is 0 Å². The number of aromatic nitrogens is 1.